The van der Waals surface area contributed by atoms with Crippen LogP contribution >= 0.6 is 0 Å². The molecule has 0 spiro atoms. The van der Waals surface area contributed by atoms with Crippen LogP contribution in [-0.4, -0.2) is 36.1 Å². The molecule has 0 saturated heterocycles. The Kier molecular flexibility index (Phi) is 3.87. The second-order valence-corrected chi connectivity index (χ2v) is 9.82. The predicted octanol–water partition coefficient (Wildman–Crippen LogP) is 1.98. The third-order valence-electron chi connectivity index (χ3n) is 6.25. The molecule has 4 bridgehead atoms. The van der Waals surface area contributed by atoms with E-state index in [0.29, 0.717) is 17.8 Å². The van der Waals surface area contributed by atoms with Crippen LogP contribution in [0, 0.1) is 23.2 Å². The smallest absolute Gasteiger partial charge is 0.337 e. The first kappa shape index (κ1) is 16.9. The van der Waals surface area contributed by atoms with E-state index in [2.05, 4.69) is 0 Å². The third-order valence-corrected chi connectivity index (χ3v) is 7.74. The van der Waals surface area contributed by atoms with Crippen LogP contribution < -0.4 is 0 Å². The SMILES string of the molecule is CC(=O)C(C)(C(=O)OCC12CC3CC(CC(C3)C1)C2)S(=O)(=O)O. The Bertz CT molecular complexity index is 602. The highest BCUT2D eigenvalue weighted by Gasteiger charge is 2.55. The Morgan fingerprint density at radius 2 is 1.57 bits per heavy atom. The quantitative estimate of drug-likeness (QED) is 0.465. The van der Waals surface area contributed by atoms with E-state index in [1.54, 1.807) is 0 Å². The van der Waals surface area contributed by atoms with Gasteiger partial charge in [-0.05, 0) is 70.1 Å². The van der Waals surface area contributed by atoms with E-state index in [9.17, 15) is 22.6 Å². The highest BCUT2D eigenvalue weighted by atomic mass is 32.2. The van der Waals surface area contributed by atoms with Gasteiger partial charge in [-0.15, -0.1) is 0 Å². The van der Waals surface area contributed by atoms with Gasteiger partial charge in [-0.1, -0.05) is 0 Å². The van der Waals surface area contributed by atoms with E-state index in [-0.39, 0.29) is 12.0 Å². The Morgan fingerprint density at radius 1 is 1.13 bits per heavy atom. The predicted molar refractivity (Wildman–Crippen MR) is 82.2 cm³/mol. The van der Waals surface area contributed by atoms with Crippen LogP contribution in [0.1, 0.15) is 52.4 Å². The molecule has 6 nitrogen and oxygen atoms in total. The fourth-order valence-electron chi connectivity index (χ4n) is 5.25. The molecule has 1 N–H and O–H groups in total. The molecule has 4 aliphatic rings. The lowest BCUT2D eigenvalue weighted by Gasteiger charge is -2.56. The molecule has 23 heavy (non-hydrogen) atoms. The number of rotatable bonds is 5. The molecule has 4 aliphatic carbocycles. The molecular weight excluding hydrogens is 320 g/mol. The minimum Gasteiger partial charge on any atom is -0.464 e. The average Bonchev–Trinajstić information content (AvgIpc) is 2.41. The Labute approximate surface area is 136 Å². The van der Waals surface area contributed by atoms with E-state index in [4.69, 9.17) is 4.74 Å². The third kappa shape index (κ3) is 2.71. The van der Waals surface area contributed by atoms with Crippen molar-refractivity contribution in [2.24, 2.45) is 23.2 Å². The summed E-state index contributed by atoms with van der Waals surface area (Å²) >= 11 is 0. The molecule has 0 aromatic rings. The molecule has 0 aromatic carbocycles. The molecule has 4 fully saturated rings. The summed E-state index contributed by atoms with van der Waals surface area (Å²) in [6.07, 6.45) is 6.79. The Hall–Kier alpha value is -0.950. The zero-order chi connectivity index (χ0) is 17.0. The first-order chi connectivity index (χ1) is 10.6. The maximum Gasteiger partial charge on any atom is 0.337 e. The summed E-state index contributed by atoms with van der Waals surface area (Å²) in [5.74, 6) is -0.0547. The number of Topliss-reactive ketones (excluding diaryl/α,β-unsaturated/α-hetero) is 1. The Morgan fingerprint density at radius 3 is 1.91 bits per heavy atom. The Balaban J connectivity index is 1.73. The van der Waals surface area contributed by atoms with Crippen LogP contribution in [0.2, 0.25) is 0 Å². The van der Waals surface area contributed by atoms with Gasteiger partial charge >= 0.3 is 5.97 Å². The minimum absolute atomic E-state index is 0.0681. The standard InChI is InChI=1S/C16H24O6S/c1-10(17)15(2,23(19,20)21)14(18)22-9-16-6-11-3-12(7-16)5-13(4-11)8-16/h11-13H,3-9H2,1-2H3,(H,19,20,21). The first-order valence-corrected chi connectivity index (χ1v) is 9.65. The van der Waals surface area contributed by atoms with E-state index in [0.717, 1.165) is 33.1 Å². The summed E-state index contributed by atoms with van der Waals surface area (Å²) in [6, 6.07) is 0. The van der Waals surface area contributed by atoms with Crippen molar-refractivity contribution in [3.8, 4) is 0 Å². The van der Waals surface area contributed by atoms with Crippen molar-refractivity contribution in [1.82, 2.24) is 0 Å². The summed E-state index contributed by atoms with van der Waals surface area (Å²) in [7, 11) is -4.87. The second-order valence-electron chi connectivity index (χ2n) is 8.06. The van der Waals surface area contributed by atoms with Gasteiger partial charge in [-0.2, -0.15) is 8.42 Å². The van der Waals surface area contributed by atoms with E-state index in [1.165, 1.54) is 19.3 Å². The highest BCUT2D eigenvalue weighted by molar-refractivity contribution is 7.89. The lowest BCUT2D eigenvalue weighted by atomic mass is 9.50. The molecule has 4 rings (SSSR count). The van der Waals surface area contributed by atoms with Gasteiger partial charge < -0.3 is 4.74 Å². The molecule has 0 radical (unpaired) electrons. The van der Waals surface area contributed by atoms with E-state index >= 15 is 0 Å². The van der Waals surface area contributed by atoms with Gasteiger partial charge in [0.15, 0.2) is 5.78 Å². The van der Waals surface area contributed by atoms with Crippen LogP contribution in [-0.2, 0) is 24.4 Å². The number of ether oxygens (including phenoxy) is 1. The maximum atomic E-state index is 12.3. The van der Waals surface area contributed by atoms with Crippen LogP contribution in [0.3, 0.4) is 0 Å². The summed E-state index contributed by atoms with van der Waals surface area (Å²) in [5.41, 5.74) is -0.0681. The van der Waals surface area contributed by atoms with Crippen LogP contribution in [0.25, 0.3) is 0 Å². The minimum atomic E-state index is -4.87. The van der Waals surface area contributed by atoms with Crippen molar-refractivity contribution in [3.63, 3.8) is 0 Å². The molecule has 0 aromatic heterocycles. The lowest BCUT2D eigenvalue weighted by molar-refractivity contribution is -0.159. The topological polar surface area (TPSA) is 97.7 Å². The van der Waals surface area contributed by atoms with E-state index in [1.807, 2.05) is 0 Å². The molecule has 7 heteroatoms. The molecular formula is C16H24O6S. The van der Waals surface area contributed by atoms with Gasteiger partial charge in [-0.25, -0.2) is 4.79 Å². The fraction of sp³-hybridized carbons (Fsp3) is 0.875. The van der Waals surface area contributed by atoms with Crippen molar-refractivity contribution < 1.29 is 27.3 Å². The van der Waals surface area contributed by atoms with Gasteiger partial charge in [0.05, 0.1) is 6.61 Å². The maximum absolute atomic E-state index is 12.3. The molecule has 130 valence electrons. The molecule has 4 saturated carbocycles. The molecule has 0 amide bonds. The van der Waals surface area contributed by atoms with Crippen LogP contribution in [0.15, 0.2) is 0 Å². The van der Waals surface area contributed by atoms with Crippen molar-refractivity contribution in [2.75, 3.05) is 6.61 Å². The summed E-state index contributed by atoms with van der Waals surface area (Å²) < 4.78 is 35.0. The number of esters is 1. The van der Waals surface area contributed by atoms with Crippen molar-refractivity contribution >= 4 is 21.9 Å². The van der Waals surface area contributed by atoms with E-state index < -0.39 is 26.6 Å². The van der Waals surface area contributed by atoms with Crippen LogP contribution in [0.4, 0.5) is 0 Å². The average molecular weight is 344 g/mol. The number of carbonyl (C=O) groups excluding carboxylic acids is 2. The number of ketones is 1. The number of hydrogen-bond donors (Lipinski definition) is 1. The van der Waals surface area contributed by atoms with Crippen LogP contribution in [0.5, 0.6) is 0 Å². The monoisotopic (exact) mass is 344 g/mol. The van der Waals surface area contributed by atoms with Gasteiger partial charge in [0.2, 0.25) is 4.75 Å². The zero-order valence-corrected chi connectivity index (χ0v) is 14.4. The van der Waals surface area contributed by atoms with Gasteiger partial charge in [-0.3, -0.25) is 9.35 Å². The normalized spacial score (nSPS) is 38.1. The lowest BCUT2D eigenvalue weighted by Crippen LogP contribution is -2.53. The zero-order valence-electron chi connectivity index (χ0n) is 13.6. The summed E-state index contributed by atoms with van der Waals surface area (Å²) in [5, 5.41) is 0. The molecule has 0 aliphatic heterocycles. The molecule has 0 heterocycles. The number of carbonyl (C=O) groups is 2. The number of hydrogen-bond acceptors (Lipinski definition) is 5. The molecule has 1 atom stereocenters. The van der Waals surface area contributed by atoms with Crippen molar-refractivity contribution in [1.29, 1.82) is 0 Å². The second kappa shape index (κ2) is 5.28. The summed E-state index contributed by atoms with van der Waals surface area (Å²) in [6.45, 7) is 2.03. The fourth-order valence-corrected chi connectivity index (χ4v) is 5.89. The first-order valence-electron chi connectivity index (χ1n) is 8.21. The largest absolute Gasteiger partial charge is 0.464 e. The van der Waals surface area contributed by atoms with Gasteiger partial charge in [0.25, 0.3) is 10.1 Å². The highest BCUT2D eigenvalue weighted by Crippen LogP contribution is 2.60. The van der Waals surface area contributed by atoms with Crippen molar-refractivity contribution in [2.45, 2.75) is 57.1 Å². The van der Waals surface area contributed by atoms with Gasteiger partial charge in [0, 0.05) is 5.41 Å². The van der Waals surface area contributed by atoms with Crippen molar-refractivity contribution in [3.05, 3.63) is 0 Å². The molecule has 1 unspecified atom stereocenters. The summed E-state index contributed by atoms with van der Waals surface area (Å²) in [4.78, 5) is 23.9. The van der Waals surface area contributed by atoms with Gasteiger partial charge in [0.1, 0.15) is 0 Å².